The lowest BCUT2D eigenvalue weighted by Crippen LogP contribution is -2.06. The van der Waals surface area contributed by atoms with Gasteiger partial charge < -0.3 is 4.74 Å². The van der Waals surface area contributed by atoms with Crippen molar-refractivity contribution in [3.05, 3.63) is 29.3 Å². The standard InChI is InChI=1S/C12H14O2/c1-7(2)9-5-4-6-10-8(3)12(13)14-11(9)10/h4-8H,1-3H3. The monoisotopic (exact) mass is 190 g/mol. The Morgan fingerprint density at radius 2 is 2.07 bits per heavy atom. The maximum atomic E-state index is 11.4. The van der Waals surface area contributed by atoms with Crippen LogP contribution in [-0.2, 0) is 4.79 Å². The summed E-state index contributed by atoms with van der Waals surface area (Å²) in [5.41, 5.74) is 2.15. The molecule has 1 heterocycles. The maximum absolute atomic E-state index is 11.4. The van der Waals surface area contributed by atoms with Crippen molar-refractivity contribution in [1.82, 2.24) is 0 Å². The highest BCUT2D eigenvalue weighted by Crippen LogP contribution is 2.39. The van der Waals surface area contributed by atoms with Crippen LogP contribution in [0.15, 0.2) is 18.2 Å². The second-order valence-corrected chi connectivity index (χ2v) is 4.06. The lowest BCUT2D eigenvalue weighted by molar-refractivity contribution is -0.133. The van der Waals surface area contributed by atoms with Gasteiger partial charge in [0.25, 0.3) is 0 Å². The minimum absolute atomic E-state index is 0.108. The van der Waals surface area contributed by atoms with Crippen LogP contribution in [0.25, 0.3) is 0 Å². The van der Waals surface area contributed by atoms with Gasteiger partial charge in [-0.3, -0.25) is 4.79 Å². The first kappa shape index (κ1) is 9.25. The molecule has 1 unspecified atom stereocenters. The molecule has 0 N–H and O–H groups in total. The SMILES string of the molecule is CC(C)c1cccc2c1OC(=O)C2C. The second kappa shape index (κ2) is 3.12. The van der Waals surface area contributed by atoms with E-state index in [1.165, 1.54) is 0 Å². The zero-order valence-corrected chi connectivity index (χ0v) is 8.70. The van der Waals surface area contributed by atoms with Gasteiger partial charge >= 0.3 is 5.97 Å². The molecule has 2 heteroatoms. The van der Waals surface area contributed by atoms with Gasteiger partial charge in [0.2, 0.25) is 0 Å². The summed E-state index contributed by atoms with van der Waals surface area (Å²) in [4.78, 5) is 11.4. The van der Waals surface area contributed by atoms with Crippen LogP contribution in [0.5, 0.6) is 5.75 Å². The third-order valence-corrected chi connectivity index (χ3v) is 2.72. The molecule has 2 nitrogen and oxygen atoms in total. The van der Waals surface area contributed by atoms with E-state index in [1.54, 1.807) is 0 Å². The highest BCUT2D eigenvalue weighted by molar-refractivity contribution is 5.86. The summed E-state index contributed by atoms with van der Waals surface area (Å²) >= 11 is 0. The van der Waals surface area contributed by atoms with E-state index in [1.807, 2.05) is 25.1 Å². The van der Waals surface area contributed by atoms with Gasteiger partial charge in [-0.15, -0.1) is 0 Å². The third kappa shape index (κ3) is 1.22. The number of para-hydroxylation sites is 1. The topological polar surface area (TPSA) is 26.3 Å². The van der Waals surface area contributed by atoms with Crippen molar-refractivity contribution in [2.45, 2.75) is 32.6 Å². The first-order valence-electron chi connectivity index (χ1n) is 4.95. The van der Waals surface area contributed by atoms with Gasteiger partial charge in [-0.1, -0.05) is 32.0 Å². The summed E-state index contributed by atoms with van der Waals surface area (Å²) in [5.74, 6) is 0.944. The van der Waals surface area contributed by atoms with E-state index in [0.29, 0.717) is 5.92 Å². The van der Waals surface area contributed by atoms with Gasteiger partial charge in [0.05, 0.1) is 5.92 Å². The minimum atomic E-state index is -0.131. The fourth-order valence-corrected chi connectivity index (χ4v) is 1.80. The van der Waals surface area contributed by atoms with Crippen LogP contribution < -0.4 is 4.74 Å². The molecule has 0 spiro atoms. The molecule has 0 fully saturated rings. The van der Waals surface area contributed by atoms with Crippen molar-refractivity contribution >= 4 is 5.97 Å². The Kier molecular flexibility index (Phi) is 2.06. The smallest absolute Gasteiger partial charge is 0.318 e. The number of ether oxygens (including phenoxy) is 1. The van der Waals surface area contributed by atoms with E-state index < -0.39 is 0 Å². The molecule has 1 aliphatic heterocycles. The molecule has 2 rings (SSSR count). The summed E-state index contributed by atoms with van der Waals surface area (Å²) < 4.78 is 5.27. The van der Waals surface area contributed by atoms with Crippen LogP contribution in [0.2, 0.25) is 0 Å². The normalized spacial score (nSPS) is 19.7. The van der Waals surface area contributed by atoms with Crippen molar-refractivity contribution in [1.29, 1.82) is 0 Å². The van der Waals surface area contributed by atoms with Gasteiger partial charge in [-0.2, -0.15) is 0 Å². The van der Waals surface area contributed by atoms with Crippen molar-refractivity contribution < 1.29 is 9.53 Å². The first-order valence-corrected chi connectivity index (χ1v) is 4.95. The zero-order valence-electron chi connectivity index (χ0n) is 8.70. The number of carbonyl (C=O) groups excluding carboxylic acids is 1. The lowest BCUT2D eigenvalue weighted by atomic mass is 9.95. The van der Waals surface area contributed by atoms with E-state index in [4.69, 9.17) is 4.74 Å². The number of hydrogen-bond acceptors (Lipinski definition) is 2. The summed E-state index contributed by atoms with van der Waals surface area (Å²) in [5, 5.41) is 0. The molecule has 1 aromatic carbocycles. The van der Waals surface area contributed by atoms with Gasteiger partial charge in [-0.05, 0) is 18.4 Å². The minimum Gasteiger partial charge on any atom is -0.425 e. The molecule has 0 saturated heterocycles. The molecule has 0 amide bonds. The molecule has 0 saturated carbocycles. The number of hydrogen-bond donors (Lipinski definition) is 0. The summed E-state index contributed by atoms with van der Waals surface area (Å²) in [6.45, 7) is 6.09. The predicted octanol–water partition coefficient (Wildman–Crippen LogP) is 2.83. The number of fused-ring (bicyclic) bond motifs is 1. The summed E-state index contributed by atoms with van der Waals surface area (Å²) in [7, 11) is 0. The molecular formula is C12H14O2. The fourth-order valence-electron chi connectivity index (χ4n) is 1.80. The Morgan fingerprint density at radius 1 is 1.36 bits per heavy atom. The summed E-state index contributed by atoms with van der Waals surface area (Å²) in [6, 6.07) is 5.98. The maximum Gasteiger partial charge on any atom is 0.318 e. The van der Waals surface area contributed by atoms with Gasteiger partial charge in [-0.25, -0.2) is 0 Å². The zero-order chi connectivity index (χ0) is 10.3. The summed E-state index contributed by atoms with van der Waals surface area (Å²) in [6.07, 6.45) is 0. The quantitative estimate of drug-likeness (QED) is 0.502. The molecule has 0 aliphatic carbocycles. The highest BCUT2D eigenvalue weighted by Gasteiger charge is 2.31. The van der Waals surface area contributed by atoms with E-state index in [2.05, 4.69) is 13.8 Å². The number of esters is 1. The van der Waals surface area contributed by atoms with Crippen LogP contribution in [0.3, 0.4) is 0 Å². The van der Waals surface area contributed by atoms with Crippen LogP contribution >= 0.6 is 0 Å². The largest absolute Gasteiger partial charge is 0.425 e. The lowest BCUT2D eigenvalue weighted by Gasteiger charge is -2.09. The molecule has 14 heavy (non-hydrogen) atoms. The van der Waals surface area contributed by atoms with Crippen LogP contribution in [0.1, 0.15) is 43.7 Å². The first-order chi connectivity index (χ1) is 6.61. The molecule has 1 atom stereocenters. The Balaban J connectivity index is 2.55. The van der Waals surface area contributed by atoms with E-state index >= 15 is 0 Å². The molecule has 1 aromatic rings. The molecular weight excluding hydrogens is 176 g/mol. The molecule has 0 bridgehead atoms. The fraction of sp³-hybridized carbons (Fsp3) is 0.417. The van der Waals surface area contributed by atoms with Crippen LogP contribution in [0, 0.1) is 0 Å². The Bertz CT molecular complexity index is 380. The molecule has 74 valence electrons. The van der Waals surface area contributed by atoms with Crippen molar-refractivity contribution in [2.24, 2.45) is 0 Å². The Labute approximate surface area is 83.9 Å². The predicted molar refractivity (Wildman–Crippen MR) is 54.6 cm³/mol. The van der Waals surface area contributed by atoms with E-state index in [-0.39, 0.29) is 11.9 Å². The van der Waals surface area contributed by atoms with Crippen molar-refractivity contribution in [2.75, 3.05) is 0 Å². The van der Waals surface area contributed by atoms with Crippen molar-refractivity contribution in [3.8, 4) is 5.75 Å². The average molecular weight is 190 g/mol. The third-order valence-electron chi connectivity index (χ3n) is 2.72. The van der Waals surface area contributed by atoms with E-state index in [9.17, 15) is 4.79 Å². The number of carbonyl (C=O) groups is 1. The van der Waals surface area contributed by atoms with E-state index in [0.717, 1.165) is 16.9 Å². The van der Waals surface area contributed by atoms with Gasteiger partial charge in [0, 0.05) is 5.56 Å². The second-order valence-electron chi connectivity index (χ2n) is 4.06. The molecule has 1 aliphatic rings. The van der Waals surface area contributed by atoms with Crippen molar-refractivity contribution in [3.63, 3.8) is 0 Å². The molecule has 0 radical (unpaired) electrons. The average Bonchev–Trinajstić information content (AvgIpc) is 2.43. The van der Waals surface area contributed by atoms with Crippen LogP contribution in [0.4, 0.5) is 0 Å². The number of rotatable bonds is 1. The van der Waals surface area contributed by atoms with Gasteiger partial charge in [0.1, 0.15) is 5.75 Å². The van der Waals surface area contributed by atoms with Crippen LogP contribution in [-0.4, -0.2) is 5.97 Å². The Hall–Kier alpha value is -1.31. The Morgan fingerprint density at radius 3 is 2.71 bits per heavy atom. The highest BCUT2D eigenvalue weighted by atomic mass is 16.5. The molecule has 0 aromatic heterocycles. The number of benzene rings is 1. The van der Waals surface area contributed by atoms with Gasteiger partial charge in [0.15, 0.2) is 0 Å².